The van der Waals surface area contributed by atoms with Gasteiger partial charge in [0, 0.05) is 31.6 Å². The Morgan fingerprint density at radius 3 is 2.76 bits per heavy atom. The molecule has 6 nitrogen and oxygen atoms in total. The Morgan fingerprint density at radius 2 is 2.05 bits per heavy atom. The Hall–Kier alpha value is -2.34. The predicted molar refractivity (Wildman–Crippen MR) is 76.7 cm³/mol. The first kappa shape index (κ1) is 15.1. The summed E-state index contributed by atoms with van der Waals surface area (Å²) >= 11 is 0. The second-order valence-electron chi connectivity index (χ2n) is 4.39. The van der Waals surface area contributed by atoms with Gasteiger partial charge in [-0.05, 0) is 18.2 Å². The third-order valence-corrected chi connectivity index (χ3v) is 2.90. The number of nitrogens with zero attached hydrogens (tertiary/aromatic N) is 1. The Labute approximate surface area is 122 Å². The summed E-state index contributed by atoms with van der Waals surface area (Å²) in [6, 6.07) is 6.19. The number of pyridine rings is 1. The lowest BCUT2D eigenvalue weighted by Gasteiger charge is -2.11. The molecule has 1 heterocycles. The zero-order valence-electron chi connectivity index (χ0n) is 12.0. The van der Waals surface area contributed by atoms with Crippen molar-refractivity contribution in [2.45, 2.75) is 6.42 Å². The van der Waals surface area contributed by atoms with Crippen molar-refractivity contribution in [2.24, 2.45) is 0 Å². The van der Waals surface area contributed by atoms with Crippen molar-refractivity contribution in [3.63, 3.8) is 0 Å². The van der Waals surface area contributed by atoms with Gasteiger partial charge >= 0.3 is 5.97 Å². The largest absolute Gasteiger partial charge is 0.508 e. The third-order valence-electron chi connectivity index (χ3n) is 2.90. The molecule has 0 aliphatic carbocycles. The molecule has 0 bridgehead atoms. The van der Waals surface area contributed by atoms with Crippen LogP contribution in [-0.4, -0.2) is 43.5 Å². The van der Waals surface area contributed by atoms with Gasteiger partial charge in [-0.2, -0.15) is 0 Å². The second kappa shape index (κ2) is 6.90. The molecule has 1 aromatic carbocycles. The van der Waals surface area contributed by atoms with Gasteiger partial charge < -0.3 is 19.3 Å². The Balaban J connectivity index is 2.38. The SMILES string of the molecule is COCCCOc1cc(C(=O)OC)nc2ccc(O)cc12. The Bertz CT molecular complexity index is 641. The number of phenols is 1. The monoisotopic (exact) mass is 291 g/mol. The average Bonchev–Trinajstić information content (AvgIpc) is 2.50. The van der Waals surface area contributed by atoms with E-state index in [1.165, 1.54) is 19.2 Å². The molecule has 0 aliphatic heterocycles. The molecule has 0 amide bonds. The zero-order chi connectivity index (χ0) is 15.2. The smallest absolute Gasteiger partial charge is 0.356 e. The van der Waals surface area contributed by atoms with E-state index in [1.807, 2.05) is 0 Å². The lowest BCUT2D eigenvalue weighted by Crippen LogP contribution is -2.07. The fourth-order valence-electron chi connectivity index (χ4n) is 1.90. The lowest BCUT2D eigenvalue weighted by molar-refractivity contribution is 0.0594. The molecule has 2 aromatic rings. The highest BCUT2D eigenvalue weighted by molar-refractivity contribution is 5.94. The summed E-state index contributed by atoms with van der Waals surface area (Å²) < 4.78 is 15.3. The fraction of sp³-hybridized carbons (Fsp3) is 0.333. The molecule has 0 spiro atoms. The van der Waals surface area contributed by atoms with E-state index in [2.05, 4.69) is 9.72 Å². The summed E-state index contributed by atoms with van der Waals surface area (Å²) in [6.45, 7) is 1.02. The van der Waals surface area contributed by atoms with Crippen LogP contribution in [0.15, 0.2) is 24.3 Å². The highest BCUT2D eigenvalue weighted by atomic mass is 16.5. The maximum Gasteiger partial charge on any atom is 0.356 e. The molecule has 0 fully saturated rings. The number of carbonyl (C=O) groups is 1. The van der Waals surface area contributed by atoms with Gasteiger partial charge in [0.2, 0.25) is 0 Å². The van der Waals surface area contributed by atoms with Gasteiger partial charge in [0.1, 0.15) is 11.5 Å². The maximum absolute atomic E-state index is 11.6. The number of aromatic hydroxyl groups is 1. The van der Waals surface area contributed by atoms with Gasteiger partial charge in [0.15, 0.2) is 5.69 Å². The van der Waals surface area contributed by atoms with Crippen LogP contribution in [0, 0.1) is 0 Å². The summed E-state index contributed by atoms with van der Waals surface area (Å²) in [5.74, 6) is 0.0518. The quantitative estimate of drug-likeness (QED) is 0.649. The van der Waals surface area contributed by atoms with Crippen molar-refractivity contribution in [3.8, 4) is 11.5 Å². The zero-order valence-corrected chi connectivity index (χ0v) is 12.0. The van der Waals surface area contributed by atoms with Gasteiger partial charge in [-0.15, -0.1) is 0 Å². The topological polar surface area (TPSA) is 77.9 Å². The van der Waals surface area contributed by atoms with Gasteiger partial charge in [-0.1, -0.05) is 0 Å². The molecule has 1 aromatic heterocycles. The minimum absolute atomic E-state index is 0.108. The molecule has 0 radical (unpaired) electrons. The number of phenolic OH excluding ortho intramolecular Hbond substituents is 1. The first-order valence-electron chi connectivity index (χ1n) is 6.49. The molecule has 0 aliphatic rings. The summed E-state index contributed by atoms with van der Waals surface area (Å²) in [7, 11) is 2.92. The lowest BCUT2D eigenvalue weighted by atomic mass is 10.1. The predicted octanol–water partition coefficient (Wildman–Crippen LogP) is 2.14. The summed E-state index contributed by atoms with van der Waals surface area (Å²) in [5.41, 5.74) is 0.717. The van der Waals surface area contributed by atoms with E-state index < -0.39 is 5.97 Å². The van der Waals surface area contributed by atoms with Crippen molar-refractivity contribution < 1.29 is 24.1 Å². The van der Waals surface area contributed by atoms with Crippen LogP contribution >= 0.6 is 0 Å². The molecule has 2 rings (SSSR count). The number of esters is 1. The van der Waals surface area contributed by atoms with Crippen molar-refractivity contribution >= 4 is 16.9 Å². The molecule has 6 heteroatoms. The van der Waals surface area contributed by atoms with Crippen molar-refractivity contribution in [1.82, 2.24) is 4.98 Å². The van der Waals surface area contributed by atoms with E-state index in [1.54, 1.807) is 19.2 Å². The van der Waals surface area contributed by atoms with E-state index in [9.17, 15) is 9.90 Å². The van der Waals surface area contributed by atoms with Gasteiger partial charge in [0.25, 0.3) is 0 Å². The van der Waals surface area contributed by atoms with E-state index in [4.69, 9.17) is 9.47 Å². The summed E-state index contributed by atoms with van der Waals surface area (Å²) in [4.78, 5) is 15.8. The van der Waals surface area contributed by atoms with Crippen LogP contribution in [0.25, 0.3) is 10.9 Å². The highest BCUT2D eigenvalue weighted by Gasteiger charge is 2.13. The summed E-state index contributed by atoms with van der Waals surface area (Å²) in [5, 5.41) is 10.2. The maximum atomic E-state index is 11.6. The summed E-state index contributed by atoms with van der Waals surface area (Å²) in [6.07, 6.45) is 0.715. The second-order valence-corrected chi connectivity index (χ2v) is 4.39. The van der Waals surface area contributed by atoms with Gasteiger partial charge in [-0.3, -0.25) is 0 Å². The minimum Gasteiger partial charge on any atom is -0.508 e. The number of benzene rings is 1. The average molecular weight is 291 g/mol. The molecular formula is C15H17NO5. The van der Waals surface area contributed by atoms with Crippen LogP contribution in [0.3, 0.4) is 0 Å². The van der Waals surface area contributed by atoms with E-state index in [0.29, 0.717) is 36.3 Å². The number of fused-ring (bicyclic) bond motifs is 1. The minimum atomic E-state index is -0.535. The molecule has 112 valence electrons. The molecule has 21 heavy (non-hydrogen) atoms. The number of rotatable bonds is 6. The van der Waals surface area contributed by atoms with Gasteiger partial charge in [0.05, 0.1) is 19.2 Å². The van der Waals surface area contributed by atoms with E-state index >= 15 is 0 Å². The van der Waals surface area contributed by atoms with Crippen LogP contribution in [0.2, 0.25) is 0 Å². The Kier molecular flexibility index (Phi) is 4.94. The number of aromatic nitrogens is 1. The van der Waals surface area contributed by atoms with Crippen LogP contribution in [0.1, 0.15) is 16.9 Å². The van der Waals surface area contributed by atoms with E-state index in [-0.39, 0.29) is 11.4 Å². The van der Waals surface area contributed by atoms with Crippen LogP contribution in [-0.2, 0) is 9.47 Å². The molecule has 0 saturated heterocycles. The molecule has 0 unspecified atom stereocenters. The number of carbonyl (C=O) groups excluding carboxylic acids is 1. The first-order chi connectivity index (χ1) is 10.2. The molecular weight excluding hydrogens is 274 g/mol. The first-order valence-corrected chi connectivity index (χ1v) is 6.49. The molecule has 0 saturated carbocycles. The Morgan fingerprint density at radius 1 is 1.24 bits per heavy atom. The number of ether oxygens (including phenoxy) is 3. The number of hydrogen-bond donors (Lipinski definition) is 1. The van der Waals surface area contributed by atoms with Crippen LogP contribution in [0.5, 0.6) is 11.5 Å². The van der Waals surface area contributed by atoms with Crippen LogP contribution < -0.4 is 4.74 Å². The standard InChI is InChI=1S/C15H17NO5/c1-19-6-3-7-21-14-9-13(15(18)20-2)16-12-5-4-10(17)8-11(12)14/h4-5,8-9,17H,3,6-7H2,1-2H3. The highest BCUT2D eigenvalue weighted by Crippen LogP contribution is 2.29. The van der Waals surface area contributed by atoms with E-state index in [0.717, 1.165) is 0 Å². The third kappa shape index (κ3) is 3.61. The molecule has 0 atom stereocenters. The van der Waals surface area contributed by atoms with Crippen molar-refractivity contribution in [2.75, 3.05) is 27.4 Å². The normalized spacial score (nSPS) is 10.6. The van der Waals surface area contributed by atoms with Gasteiger partial charge in [-0.25, -0.2) is 9.78 Å². The number of hydrogen-bond acceptors (Lipinski definition) is 6. The molecule has 1 N–H and O–H groups in total. The van der Waals surface area contributed by atoms with Crippen LogP contribution in [0.4, 0.5) is 0 Å². The van der Waals surface area contributed by atoms with Crippen molar-refractivity contribution in [1.29, 1.82) is 0 Å². The fourth-order valence-corrected chi connectivity index (χ4v) is 1.90. The van der Waals surface area contributed by atoms with Crippen molar-refractivity contribution in [3.05, 3.63) is 30.0 Å². The number of methoxy groups -OCH3 is 2.